The van der Waals surface area contributed by atoms with Crippen molar-refractivity contribution < 1.29 is 13.3 Å². The molecule has 5 nitrogen and oxygen atoms in total. The van der Waals surface area contributed by atoms with E-state index in [4.69, 9.17) is 13.3 Å². The maximum absolute atomic E-state index is 6.71. The van der Waals surface area contributed by atoms with Gasteiger partial charge < -0.3 is 18.2 Å². The van der Waals surface area contributed by atoms with Crippen LogP contribution in [0.4, 0.5) is 17.1 Å². The van der Waals surface area contributed by atoms with Crippen molar-refractivity contribution in [1.82, 2.24) is 4.57 Å². The Morgan fingerprint density at radius 1 is 0.345 bits per heavy atom. The van der Waals surface area contributed by atoms with E-state index in [1.54, 1.807) is 0 Å². The smallest absolute Gasteiger partial charge is 0.213 e. The third kappa shape index (κ3) is 4.53. The fraction of sp³-hybridized carbons (Fsp3) is 0. The van der Waals surface area contributed by atoms with Gasteiger partial charge in [-0.05, 0) is 90.0 Å². The fourth-order valence-electron chi connectivity index (χ4n) is 8.46. The minimum Gasteiger partial charge on any atom is -0.456 e. The molecule has 0 N–H and O–H groups in total. The largest absolute Gasteiger partial charge is 0.456 e. The second-order valence-corrected chi connectivity index (χ2v) is 14.1. The van der Waals surface area contributed by atoms with Gasteiger partial charge in [-0.25, -0.2) is 0 Å². The van der Waals surface area contributed by atoms with Crippen LogP contribution < -0.4 is 4.90 Å². The van der Waals surface area contributed by atoms with E-state index < -0.39 is 0 Å². The first kappa shape index (κ1) is 30.0. The first-order valence-electron chi connectivity index (χ1n) is 18.5. The molecule has 0 atom stereocenters. The van der Waals surface area contributed by atoms with Gasteiger partial charge in [0.15, 0.2) is 0 Å². The summed E-state index contributed by atoms with van der Waals surface area (Å²) in [6.45, 7) is 0. The van der Waals surface area contributed by atoms with E-state index in [-0.39, 0.29) is 0 Å². The monoisotopic (exact) mass is 706 g/mol. The molecule has 0 bridgehead atoms. The summed E-state index contributed by atoms with van der Waals surface area (Å²) in [5, 5.41) is 7.83. The first-order valence-corrected chi connectivity index (χ1v) is 18.5. The number of nitrogens with zero attached hydrogens (tertiary/aromatic N) is 2. The van der Waals surface area contributed by atoms with Crippen molar-refractivity contribution in [1.29, 1.82) is 0 Å². The Morgan fingerprint density at radius 3 is 1.53 bits per heavy atom. The molecule has 12 rings (SSSR count). The molecule has 258 valence electrons. The van der Waals surface area contributed by atoms with Crippen LogP contribution in [-0.4, -0.2) is 4.57 Å². The predicted octanol–water partition coefficient (Wildman–Crippen LogP) is 14.5. The van der Waals surface area contributed by atoms with Crippen LogP contribution in [0.2, 0.25) is 0 Å². The van der Waals surface area contributed by atoms with Gasteiger partial charge >= 0.3 is 0 Å². The summed E-state index contributed by atoms with van der Waals surface area (Å²) in [6, 6.07) is 63.5. The van der Waals surface area contributed by atoms with Crippen molar-refractivity contribution in [3.8, 4) is 16.8 Å². The molecule has 0 aliphatic rings. The van der Waals surface area contributed by atoms with Gasteiger partial charge in [-0.15, -0.1) is 0 Å². The highest BCUT2D eigenvalue weighted by molar-refractivity contribution is 6.20. The summed E-state index contributed by atoms with van der Waals surface area (Å²) < 4.78 is 21.6. The third-order valence-corrected chi connectivity index (χ3v) is 11.0. The zero-order chi connectivity index (χ0) is 36.0. The third-order valence-electron chi connectivity index (χ3n) is 11.0. The van der Waals surface area contributed by atoms with Crippen LogP contribution in [0.5, 0.6) is 0 Å². The highest BCUT2D eigenvalue weighted by Crippen LogP contribution is 2.43. The Kier molecular flexibility index (Phi) is 6.27. The van der Waals surface area contributed by atoms with Crippen LogP contribution in [-0.2, 0) is 0 Å². The maximum Gasteiger partial charge on any atom is 0.213 e. The van der Waals surface area contributed by atoms with Gasteiger partial charge in [-0.1, -0.05) is 91.0 Å². The average Bonchev–Trinajstić information content (AvgIpc) is 3.99. The van der Waals surface area contributed by atoms with Crippen LogP contribution in [0.3, 0.4) is 0 Å². The van der Waals surface area contributed by atoms with Crippen molar-refractivity contribution in [2.24, 2.45) is 0 Å². The zero-order valence-corrected chi connectivity index (χ0v) is 29.4. The lowest BCUT2D eigenvalue weighted by Crippen LogP contribution is -2.09. The number of furan rings is 3. The minimum atomic E-state index is 0.845. The number of benzene rings is 8. The summed E-state index contributed by atoms with van der Waals surface area (Å²) in [6.07, 6.45) is 0. The van der Waals surface area contributed by atoms with Crippen molar-refractivity contribution in [3.05, 3.63) is 182 Å². The molecule has 0 radical (unpaired) electrons. The molecule has 0 spiro atoms. The number of anilines is 3. The Bertz CT molecular complexity index is 3320. The van der Waals surface area contributed by atoms with Crippen molar-refractivity contribution in [2.45, 2.75) is 0 Å². The lowest BCUT2D eigenvalue weighted by molar-refractivity contribution is 0.645. The van der Waals surface area contributed by atoms with Crippen LogP contribution in [0.25, 0.3) is 93.7 Å². The minimum absolute atomic E-state index is 0.845. The highest BCUT2D eigenvalue weighted by Gasteiger charge is 2.21. The molecule has 0 unspecified atom stereocenters. The molecule has 4 aromatic heterocycles. The molecule has 12 aromatic rings. The van der Waals surface area contributed by atoms with E-state index in [2.05, 4.69) is 161 Å². The number of hydrogen-bond donors (Lipinski definition) is 0. The van der Waals surface area contributed by atoms with Crippen LogP contribution >= 0.6 is 0 Å². The fourth-order valence-corrected chi connectivity index (χ4v) is 8.46. The lowest BCUT2D eigenvalue weighted by atomic mass is 10.0. The molecule has 0 aliphatic carbocycles. The number of rotatable bonds is 5. The van der Waals surface area contributed by atoms with E-state index in [1.165, 1.54) is 5.39 Å². The molecule has 4 heterocycles. The molecule has 0 amide bonds. The lowest BCUT2D eigenvalue weighted by Gasteiger charge is -2.25. The second kappa shape index (κ2) is 11.5. The van der Waals surface area contributed by atoms with Gasteiger partial charge in [0, 0.05) is 67.2 Å². The number of para-hydroxylation sites is 4. The molecule has 0 saturated heterocycles. The number of aromatic nitrogens is 1. The summed E-state index contributed by atoms with van der Waals surface area (Å²) >= 11 is 0. The van der Waals surface area contributed by atoms with E-state index in [0.29, 0.717) is 0 Å². The van der Waals surface area contributed by atoms with E-state index in [1.807, 2.05) is 30.3 Å². The Morgan fingerprint density at radius 2 is 0.855 bits per heavy atom. The van der Waals surface area contributed by atoms with Crippen molar-refractivity contribution >= 4 is 93.9 Å². The topological polar surface area (TPSA) is 47.6 Å². The number of hydrogen-bond acceptors (Lipinski definition) is 4. The Balaban J connectivity index is 0.980. The van der Waals surface area contributed by atoms with Gasteiger partial charge in [0.25, 0.3) is 0 Å². The van der Waals surface area contributed by atoms with Gasteiger partial charge in [-0.2, -0.15) is 0 Å². The normalized spacial score (nSPS) is 12.0. The van der Waals surface area contributed by atoms with Crippen molar-refractivity contribution in [3.63, 3.8) is 0 Å². The molecule has 0 fully saturated rings. The van der Waals surface area contributed by atoms with E-state index >= 15 is 0 Å². The van der Waals surface area contributed by atoms with Gasteiger partial charge in [0.05, 0.1) is 10.9 Å². The molecule has 5 heteroatoms. The van der Waals surface area contributed by atoms with Gasteiger partial charge in [-0.3, -0.25) is 4.57 Å². The first-order chi connectivity index (χ1) is 27.2. The SMILES string of the molecule is c1ccc(-n2c3ccccc3c3c4ccc(-c5ccc(N(c6ccc7c(c6)oc6ccccc67)c6ccc7c(c6)oc6ccccc67)cc5)cc4oc32)cc1. The maximum atomic E-state index is 6.71. The standard InChI is InChI=1S/C50H30N2O3/c1-2-10-33(11-3-1)52-43-15-7-4-14-41(43)49-42-25-20-32(28-46(42)55-50(49)52)31-18-21-34(22-19-31)51(35-23-26-39-37-12-5-8-16-44(37)53-47(39)29-35)36-24-27-40-38-13-6-9-17-45(38)54-48(40)30-36/h1-30H. The average molecular weight is 707 g/mol. The summed E-state index contributed by atoms with van der Waals surface area (Å²) in [7, 11) is 0. The van der Waals surface area contributed by atoms with E-state index in [9.17, 15) is 0 Å². The van der Waals surface area contributed by atoms with Crippen molar-refractivity contribution in [2.75, 3.05) is 4.90 Å². The summed E-state index contributed by atoms with van der Waals surface area (Å²) in [5.41, 5.74) is 12.6. The number of fused-ring (bicyclic) bond motifs is 11. The molecule has 8 aromatic carbocycles. The van der Waals surface area contributed by atoms with Gasteiger partial charge in [0.1, 0.15) is 27.9 Å². The Hall–Kier alpha value is -7.50. The highest BCUT2D eigenvalue weighted by atomic mass is 16.3. The second-order valence-electron chi connectivity index (χ2n) is 14.1. The molecule has 0 aliphatic heterocycles. The molecule has 0 saturated carbocycles. The van der Waals surface area contributed by atoms with Crippen LogP contribution in [0.1, 0.15) is 0 Å². The van der Waals surface area contributed by atoms with E-state index in [0.717, 1.165) is 105 Å². The predicted molar refractivity (Wildman–Crippen MR) is 225 cm³/mol. The summed E-state index contributed by atoms with van der Waals surface area (Å²) in [4.78, 5) is 2.26. The van der Waals surface area contributed by atoms with Crippen LogP contribution in [0, 0.1) is 0 Å². The zero-order valence-electron chi connectivity index (χ0n) is 29.4. The molecular formula is C50H30N2O3. The molecule has 55 heavy (non-hydrogen) atoms. The van der Waals surface area contributed by atoms with Gasteiger partial charge in [0.2, 0.25) is 5.71 Å². The Labute approximate surface area is 314 Å². The molecular weight excluding hydrogens is 677 g/mol. The van der Waals surface area contributed by atoms with Crippen LogP contribution in [0.15, 0.2) is 195 Å². The summed E-state index contributed by atoms with van der Waals surface area (Å²) in [5.74, 6) is 0. The quantitative estimate of drug-likeness (QED) is 0.179.